The maximum Gasteiger partial charge on any atom is 0.287 e. The third-order valence-corrected chi connectivity index (χ3v) is 5.26. The van der Waals surface area contributed by atoms with E-state index in [1.807, 2.05) is 63.2 Å². The Hall–Kier alpha value is -3.87. The number of carbonyl (C=O) groups excluding carboxylic acids is 3. The normalized spacial score (nSPS) is 11.7. The Morgan fingerprint density at radius 1 is 0.939 bits per heavy atom. The van der Waals surface area contributed by atoms with Gasteiger partial charge >= 0.3 is 0 Å². The molecular formula is C26H29N3O4. The zero-order valence-corrected chi connectivity index (χ0v) is 19.3. The van der Waals surface area contributed by atoms with Crippen molar-refractivity contribution in [2.24, 2.45) is 5.92 Å². The summed E-state index contributed by atoms with van der Waals surface area (Å²) in [5.74, 6) is -0.284. The molecule has 1 aromatic heterocycles. The minimum Gasteiger partial charge on any atom is -0.451 e. The van der Waals surface area contributed by atoms with Gasteiger partial charge in [-0.3, -0.25) is 14.4 Å². The van der Waals surface area contributed by atoms with E-state index in [2.05, 4.69) is 16.0 Å². The number of aryl methyl sites for hydroxylation is 1. The van der Waals surface area contributed by atoms with E-state index in [4.69, 9.17) is 4.42 Å². The summed E-state index contributed by atoms with van der Waals surface area (Å²) in [4.78, 5) is 37.0. The average Bonchev–Trinajstić information content (AvgIpc) is 3.31. The van der Waals surface area contributed by atoms with Gasteiger partial charge in [-0.1, -0.05) is 49.7 Å². The van der Waals surface area contributed by atoms with Crippen LogP contribution in [0.1, 0.15) is 45.9 Å². The lowest BCUT2D eigenvalue weighted by atomic mass is 10.0. The van der Waals surface area contributed by atoms with Crippen molar-refractivity contribution in [2.75, 3.05) is 7.05 Å². The van der Waals surface area contributed by atoms with Crippen molar-refractivity contribution < 1.29 is 18.8 Å². The topological polar surface area (TPSA) is 100 Å². The predicted octanol–water partition coefficient (Wildman–Crippen LogP) is 3.69. The smallest absolute Gasteiger partial charge is 0.287 e. The Labute approximate surface area is 193 Å². The fraction of sp³-hybridized carbons (Fsp3) is 0.269. The minimum atomic E-state index is -0.656. The number of benzene rings is 2. The lowest BCUT2D eigenvalue weighted by Gasteiger charge is -2.19. The summed E-state index contributed by atoms with van der Waals surface area (Å²) in [6.07, 6.45) is 0. The molecule has 3 aromatic rings. The summed E-state index contributed by atoms with van der Waals surface area (Å²) in [7, 11) is 1.53. The molecule has 3 amide bonds. The van der Waals surface area contributed by atoms with Crippen molar-refractivity contribution in [1.82, 2.24) is 16.0 Å². The van der Waals surface area contributed by atoms with E-state index in [-0.39, 0.29) is 23.5 Å². The molecule has 3 rings (SSSR count). The number of carbonyl (C=O) groups is 3. The molecule has 0 fully saturated rings. The van der Waals surface area contributed by atoms with Gasteiger partial charge in [-0.25, -0.2) is 0 Å². The van der Waals surface area contributed by atoms with Crippen LogP contribution in [0.15, 0.2) is 65.1 Å². The van der Waals surface area contributed by atoms with Crippen molar-refractivity contribution in [3.05, 3.63) is 83.1 Å². The summed E-state index contributed by atoms with van der Waals surface area (Å²) in [6, 6.07) is 17.6. The van der Waals surface area contributed by atoms with E-state index in [0.717, 1.165) is 16.7 Å². The van der Waals surface area contributed by atoms with Crippen molar-refractivity contribution in [3.63, 3.8) is 0 Å². The summed E-state index contributed by atoms with van der Waals surface area (Å²) < 4.78 is 5.76. The first-order valence-corrected chi connectivity index (χ1v) is 10.8. The molecule has 7 nitrogen and oxygen atoms in total. The molecule has 0 aliphatic heterocycles. The Balaban J connectivity index is 1.67. The van der Waals surface area contributed by atoms with Crippen molar-refractivity contribution in [3.8, 4) is 11.3 Å². The second kappa shape index (κ2) is 10.6. The van der Waals surface area contributed by atoms with Crippen molar-refractivity contribution in [1.29, 1.82) is 0 Å². The van der Waals surface area contributed by atoms with Crippen LogP contribution < -0.4 is 16.0 Å². The molecule has 0 aliphatic rings. The highest BCUT2D eigenvalue weighted by atomic mass is 16.4. The van der Waals surface area contributed by atoms with Gasteiger partial charge in [-0.2, -0.15) is 0 Å². The van der Waals surface area contributed by atoms with E-state index >= 15 is 0 Å². The third-order valence-electron chi connectivity index (χ3n) is 5.26. The Morgan fingerprint density at radius 2 is 1.70 bits per heavy atom. The molecule has 0 spiro atoms. The van der Waals surface area contributed by atoms with Gasteiger partial charge in [-0.05, 0) is 48.7 Å². The van der Waals surface area contributed by atoms with Crippen LogP contribution in [0.3, 0.4) is 0 Å². The van der Waals surface area contributed by atoms with E-state index in [1.165, 1.54) is 7.05 Å². The van der Waals surface area contributed by atoms with Crippen LogP contribution in [0.2, 0.25) is 0 Å². The van der Waals surface area contributed by atoms with Gasteiger partial charge in [0.05, 0.1) is 0 Å². The van der Waals surface area contributed by atoms with Crippen molar-refractivity contribution >= 4 is 17.7 Å². The molecule has 7 heteroatoms. The van der Waals surface area contributed by atoms with Gasteiger partial charge in [0, 0.05) is 24.7 Å². The molecule has 2 aromatic carbocycles. The second-order valence-electron chi connectivity index (χ2n) is 8.23. The number of furan rings is 1. The summed E-state index contributed by atoms with van der Waals surface area (Å²) in [5.41, 5.74) is 3.32. The molecule has 3 N–H and O–H groups in total. The number of hydrogen-bond donors (Lipinski definition) is 3. The van der Waals surface area contributed by atoms with Crippen LogP contribution in [0, 0.1) is 12.8 Å². The molecule has 0 aliphatic carbocycles. The largest absolute Gasteiger partial charge is 0.451 e. The van der Waals surface area contributed by atoms with E-state index < -0.39 is 11.9 Å². The van der Waals surface area contributed by atoms with Crippen LogP contribution in [0.4, 0.5) is 0 Å². The first-order chi connectivity index (χ1) is 15.8. The molecule has 172 valence electrons. The van der Waals surface area contributed by atoms with Gasteiger partial charge < -0.3 is 20.4 Å². The predicted molar refractivity (Wildman–Crippen MR) is 127 cm³/mol. The molecule has 0 radical (unpaired) electrons. The molecule has 0 bridgehead atoms. The molecule has 1 heterocycles. The lowest BCUT2D eigenvalue weighted by molar-refractivity contribution is -0.123. The summed E-state index contributed by atoms with van der Waals surface area (Å²) in [6.45, 7) is 6.02. The van der Waals surface area contributed by atoms with E-state index in [1.54, 1.807) is 18.2 Å². The highest BCUT2D eigenvalue weighted by Gasteiger charge is 2.25. The zero-order valence-electron chi connectivity index (χ0n) is 19.3. The first-order valence-electron chi connectivity index (χ1n) is 10.8. The zero-order chi connectivity index (χ0) is 24.0. The van der Waals surface area contributed by atoms with Gasteiger partial charge in [0.15, 0.2) is 5.76 Å². The van der Waals surface area contributed by atoms with Crippen LogP contribution in [0.5, 0.6) is 0 Å². The van der Waals surface area contributed by atoms with Gasteiger partial charge in [0.1, 0.15) is 11.8 Å². The number of rotatable bonds is 8. The number of nitrogens with one attached hydrogen (secondary N) is 3. The quantitative estimate of drug-likeness (QED) is 0.490. The standard InChI is InChI=1S/C26H29N3O4/c1-16(2)23(26(32)27-4)29-25(31)22-12-11-21(33-22)19-9-6-8-18(14-19)15-28-24(30)20-10-5-7-17(3)13-20/h5-14,16,23H,15H2,1-4H3,(H,27,32)(H,28,30)(H,29,31)/t23-/m0/s1. The number of amides is 3. The average molecular weight is 448 g/mol. The molecule has 1 atom stereocenters. The molecule has 33 heavy (non-hydrogen) atoms. The highest BCUT2D eigenvalue weighted by Crippen LogP contribution is 2.23. The van der Waals surface area contributed by atoms with Crippen LogP contribution >= 0.6 is 0 Å². The Morgan fingerprint density at radius 3 is 2.39 bits per heavy atom. The van der Waals surface area contributed by atoms with Crippen LogP contribution in [-0.2, 0) is 11.3 Å². The highest BCUT2D eigenvalue weighted by molar-refractivity contribution is 5.96. The molecule has 0 saturated carbocycles. The molecule has 0 saturated heterocycles. The van der Waals surface area contributed by atoms with Crippen LogP contribution in [0.25, 0.3) is 11.3 Å². The van der Waals surface area contributed by atoms with Gasteiger partial charge in [0.25, 0.3) is 11.8 Å². The second-order valence-corrected chi connectivity index (χ2v) is 8.23. The molecule has 0 unspecified atom stereocenters. The number of hydrogen-bond acceptors (Lipinski definition) is 4. The Bertz CT molecular complexity index is 1150. The van der Waals surface area contributed by atoms with E-state index in [9.17, 15) is 14.4 Å². The van der Waals surface area contributed by atoms with Gasteiger partial charge in [-0.15, -0.1) is 0 Å². The van der Waals surface area contributed by atoms with Gasteiger partial charge in [0.2, 0.25) is 5.91 Å². The fourth-order valence-electron chi connectivity index (χ4n) is 3.42. The fourth-order valence-corrected chi connectivity index (χ4v) is 3.42. The molecular weight excluding hydrogens is 418 g/mol. The summed E-state index contributed by atoms with van der Waals surface area (Å²) in [5, 5.41) is 8.20. The van der Waals surface area contributed by atoms with Crippen molar-refractivity contribution in [2.45, 2.75) is 33.4 Å². The summed E-state index contributed by atoms with van der Waals surface area (Å²) >= 11 is 0. The van der Waals surface area contributed by atoms with Crippen LogP contribution in [-0.4, -0.2) is 30.8 Å². The lowest BCUT2D eigenvalue weighted by Crippen LogP contribution is -2.48. The maximum atomic E-state index is 12.6. The maximum absolute atomic E-state index is 12.6. The van der Waals surface area contributed by atoms with E-state index in [0.29, 0.717) is 17.9 Å². The monoisotopic (exact) mass is 447 g/mol. The Kier molecular flexibility index (Phi) is 7.66. The SMILES string of the molecule is CNC(=O)[C@@H](NC(=O)c1ccc(-c2cccc(CNC(=O)c3cccc(C)c3)c2)o1)C(C)C. The minimum absolute atomic E-state index is 0.0741. The third kappa shape index (κ3) is 6.10. The number of likely N-dealkylation sites (N-methyl/N-ethyl adjacent to an activating group) is 1. The first kappa shape index (κ1) is 23.8.